The Morgan fingerprint density at radius 2 is 2.14 bits per heavy atom. The minimum atomic E-state index is -0.902. The van der Waals surface area contributed by atoms with Gasteiger partial charge in [0.15, 0.2) is 5.82 Å². The van der Waals surface area contributed by atoms with Gasteiger partial charge in [0.1, 0.15) is 5.76 Å². The molecule has 1 aliphatic rings. The van der Waals surface area contributed by atoms with Crippen LogP contribution in [0, 0.1) is 24.7 Å². The summed E-state index contributed by atoms with van der Waals surface area (Å²) in [5, 5.41) is 15.7. The van der Waals surface area contributed by atoms with Gasteiger partial charge >= 0.3 is 5.97 Å². The van der Waals surface area contributed by atoms with Crippen LogP contribution >= 0.6 is 0 Å². The van der Waals surface area contributed by atoms with Crippen molar-refractivity contribution in [1.29, 1.82) is 0 Å². The molecule has 0 aromatic carbocycles. The lowest BCUT2D eigenvalue weighted by Crippen LogP contribution is -2.33. The van der Waals surface area contributed by atoms with Crippen molar-refractivity contribution in [2.75, 3.05) is 5.32 Å². The number of anilines is 1. The average molecular weight is 294 g/mol. The Kier molecular flexibility index (Phi) is 4.98. The molecule has 1 aromatic rings. The van der Waals surface area contributed by atoms with Gasteiger partial charge in [-0.1, -0.05) is 37.8 Å². The van der Waals surface area contributed by atoms with E-state index in [1.165, 1.54) is 0 Å². The van der Waals surface area contributed by atoms with E-state index in [-0.39, 0.29) is 5.91 Å². The first-order valence-electron chi connectivity index (χ1n) is 7.44. The maximum Gasteiger partial charge on any atom is 0.307 e. The third kappa shape index (κ3) is 4.06. The van der Waals surface area contributed by atoms with Crippen LogP contribution in [0.2, 0.25) is 0 Å². The highest BCUT2D eigenvalue weighted by molar-refractivity contribution is 5.94. The van der Waals surface area contributed by atoms with Gasteiger partial charge in [-0.05, 0) is 19.3 Å². The number of carbonyl (C=O) groups excluding carboxylic acids is 1. The highest BCUT2D eigenvalue weighted by atomic mass is 16.5. The van der Waals surface area contributed by atoms with Crippen LogP contribution < -0.4 is 5.32 Å². The second-order valence-corrected chi connectivity index (χ2v) is 5.93. The van der Waals surface area contributed by atoms with E-state index in [0.717, 1.165) is 25.7 Å². The molecule has 1 aliphatic carbocycles. The second kappa shape index (κ2) is 6.74. The van der Waals surface area contributed by atoms with Gasteiger partial charge in [-0.2, -0.15) is 0 Å². The van der Waals surface area contributed by atoms with E-state index in [1.807, 2.05) is 0 Å². The Bertz CT molecular complexity index is 506. The standard InChI is InChI=1S/C15H22N2O4/c1-9-7-13(17-21-9)16-14(18)10(2)12(15(19)20)8-11-5-3-4-6-11/h7,10-12H,3-6,8H2,1-2H3,(H,19,20)(H,16,17,18). The number of aliphatic carboxylic acids is 1. The van der Waals surface area contributed by atoms with Crippen molar-refractivity contribution >= 4 is 17.7 Å². The Morgan fingerprint density at radius 1 is 1.48 bits per heavy atom. The molecule has 6 heteroatoms. The molecule has 0 radical (unpaired) electrons. The zero-order valence-corrected chi connectivity index (χ0v) is 12.5. The van der Waals surface area contributed by atoms with E-state index in [9.17, 15) is 14.7 Å². The fraction of sp³-hybridized carbons (Fsp3) is 0.667. The van der Waals surface area contributed by atoms with E-state index in [1.54, 1.807) is 19.9 Å². The quantitative estimate of drug-likeness (QED) is 0.841. The molecule has 2 atom stereocenters. The molecule has 0 aliphatic heterocycles. The van der Waals surface area contributed by atoms with Crippen molar-refractivity contribution in [2.45, 2.75) is 46.0 Å². The second-order valence-electron chi connectivity index (χ2n) is 5.93. The molecule has 0 spiro atoms. The molecule has 1 heterocycles. The summed E-state index contributed by atoms with van der Waals surface area (Å²) in [5.41, 5.74) is 0. The Hall–Kier alpha value is -1.85. The monoisotopic (exact) mass is 294 g/mol. The summed E-state index contributed by atoms with van der Waals surface area (Å²) in [6, 6.07) is 1.61. The number of nitrogens with one attached hydrogen (secondary N) is 1. The fourth-order valence-electron chi connectivity index (χ4n) is 2.97. The molecule has 116 valence electrons. The van der Waals surface area contributed by atoms with Crippen molar-refractivity contribution in [3.63, 3.8) is 0 Å². The molecule has 1 aromatic heterocycles. The molecule has 0 bridgehead atoms. The van der Waals surface area contributed by atoms with Gasteiger partial charge in [-0.3, -0.25) is 9.59 Å². The highest BCUT2D eigenvalue weighted by Gasteiger charge is 2.33. The predicted octanol–water partition coefficient (Wildman–Crippen LogP) is 2.84. The van der Waals surface area contributed by atoms with Crippen LogP contribution in [0.5, 0.6) is 0 Å². The van der Waals surface area contributed by atoms with Crippen LogP contribution in [-0.2, 0) is 9.59 Å². The Morgan fingerprint density at radius 3 is 2.67 bits per heavy atom. The number of hydrogen-bond acceptors (Lipinski definition) is 4. The van der Waals surface area contributed by atoms with Crippen molar-refractivity contribution in [3.8, 4) is 0 Å². The molecular formula is C15H22N2O4. The van der Waals surface area contributed by atoms with E-state index < -0.39 is 17.8 Å². The first-order valence-corrected chi connectivity index (χ1v) is 7.44. The summed E-state index contributed by atoms with van der Waals surface area (Å²) in [4.78, 5) is 23.7. The normalized spacial score (nSPS) is 18.4. The zero-order chi connectivity index (χ0) is 15.4. The van der Waals surface area contributed by atoms with Crippen LogP contribution in [0.25, 0.3) is 0 Å². The van der Waals surface area contributed by atoms with Crippen LogP contribution in [0.15, 0.2) is 10.6 Å². The molecule has 2 rings (SSSR count). The van der Waals surface area contributed by atoms with Crippen molar-refractivity contribution in [2.24, 2.45) is 17.8 Å². The number of hydrogen-bond donors (Lipinski definition) is 2. The minimum absolute atomic E-state index is 0.325. The van der Waals surface area contributed by atoms with Crippen LogP contribution in [0.3, 0.4) is 0 Å². The topological polar surface area (TPSA) is 92.4 Å². The highest BCUT2D eigenvalue weighted by Crippen LogP contribution is 2.33. The minimum Gasteiger partial charge on any atom is -0.481 e. The van der Waals surface area contributed by atoms with Gasteiger partial charge in [0.25, 0.3) is 0 Å². The van der Waals surface area contributed by atoms with Crippen LogP contribution in [0.1, 0.15) is 44.8 Å². The van der Waals surface area contributed by atoms with Crippen LogP contribution in [0.4, 0.5) is 5.82 Å². The number of rotatable bonds is 6. The summed E-state index contributed by atoms with van der Waals surface area (Å²) < 4.78 is 4.88. The third-order valence-electron chi connectivity index (χ3n) is 4.28. The van der Waals surface area contributed by atoms with Gasteiger partial charge in [-0.25, -0.2) is 0 Å². The fourth-order valence-corrected chi connectivity index (χ4v) is 2.97. The maximum absolute atomic E-state index is 12.2. The number of carboxylic acid groups (broad SMARTS) is 1. The summed E-state index contributed by atoms with van der Waals surface area (Å²) in [6.45, 7) is 3.39. The zero-order valence-electron chi connectivity index (χ0n) is 12.5. The molecule has 1 saturated carbocycles. The maximum atomic E-state index is 12.2. The van der Waals surface area contributed by atoms with E-state index in [0.29, 0.717) is 23.9 Å². The molecule has 0 saturated heterocycles. The number of carboxylic acids is 1. The first kappa shape index (κ1) is 15.5. The van der Waals surface area contributed by atoms with Gasteiger partial charge in [-0.15, -0.1) is 0 Å². The molecule has 1 amide bonds. The molecule has 21 heavy (non-hydrogen) atoms. The van der Waals surface area contributed by atoms with E-state index >= 15 is 0 Å². The number of nitrogens with zero attached hydrogens (tertiary/aromatic N) is 1. The Labute approximate surface area is 123 Å². The first-order chi connectivity index (χ1) is 9.97. The lowest BCUT2D eigenvalue weighted by atomic mass is 9.84. The molecule has 2 N–H and O–H groups in total. The predicted molar refractivity (Wildman–Crippen MR) is 76.7 cm³/mol. The van der Waals surface area contributed by atoms with E-state index in [2.05, 4.69) is 10.5 Å². The molecule has 6 nitrogen and oxygen atoms in total. The van der Waals surface area contributed by atoms with Crippen molar-refractivity contribution in [3.05, 3.63) is 11.8 Å². The van der Waals surface area contributed by atoms with Gasteiger partial charge in [0.2, 0.25) is 5.91 Å². The Balaban J connectivity index is 1.97. The third-order valence-corrected chi connectivity index (χ3v) is 4.28. The number of aryl methyl sites for hydroxylation is 1. The lowest BCUT2D eigenvalue weighted by Gasteiger charge is -2.22. The summed E-state index contributed by atoms with van der Waals surface area (Å²) in [5.74, 6) is -1.13. The summed E-state index contributed by atoms with van der Waals surface area (Å²) in [7, 11) is 0. The summed E-state index contributed by atoms with van der Waals surface area (Å²) in [6.07, 6.45) is 5.04. The molecular weight excluding hydrogens is 272 g/mol. The number of amides is 1. The molecule has 2 unspecified atom stereocenters. The van der Waals surface area contributed by atoms with Gasteiger partial charge in [0.05, 0.1) is 5.92 Å². The number of aromatic nitrogens is 1. The van der Waals surface area contributed by atoms with Crippen molar-refractivity contribution in [1.82, 2.24) is 5.16 Å². The SMILES string of the molecule is Cc1cc(NC(=O)C(C)C(CC2CCCC2)C(=O)O)no1. The smallest absolute Gasteiger partial charge is 0.307 e. The van der Waals surface area contributed by atoms with Gasteiger partial charge in [0, 0.05) is 12.0 Å². The molecule has 1 fully saturated rings. The van der Waals surface area contributed by atoms with Crippen LogP contribution in [-0.4, -0.2) is 22.1 Å². The number of carbonyl (C=O) groups is 2. The van der Waals surface area contributed by atoms with Crippen molar-refractivity contribution < 1.29 is 19.2 Å². The average Bonchev–Trinajstić information content (AvgIpc) is 3.06. The lowest BCUT2D eigenvalue weighted by molar-refractivity contribution is -0.146. The largest absolute Gasteiger partial charge is 0.481 e. The summed E-state index contributed by atoms with van der Waals surface area (Å²) >= 11 is 0. The van der Waals surface area contributed by atoms with E-state index in [4.69, 9.17) is 4.52 Å². The van der Waals surface area contributed by atoms with Gasteiger partial charge < -0.3 is 14.9 Å².